The molecule has 1 heterocycles. The zero-order valence-electron chi connectivity index (χ0n) is 17.9. The van der Waals surface area contributed by atoms with Crippen LogP contribution < -0.4 is 10.1 Å². The average molecular weight is 396 g/mol. The Morgan fingerprint density at radius 1 is 1.03 bits per heavy atom. The Balaban J connectivity index is 1.44. The van der Waals surface area contributed by atoms with Gasteiger partial charge in [-0.1, -0.05) is 45.0 Å². The van der Waals surface area contributed by atoms with Crippen LogP contribution in [0.4, 0.5) is 5.69 Å². The third-order valence-electron chi connectivity index (χ3n) is 5.45. The van der Waals surface area contributed by atoms with Gasteiger partial charge >= 0.3 is 0 Å². The molecule has 0 radical (unpaired) electrons. The molecule has 1 saturated heterocycles. The molecule has 0 atom stereocenters. The maximum atomic E-state index is 12.2. The van der Waals surface area contributed by atoms with Crippen molar-refractivity contribution in [2.24, 2.45) is 0 Å². The summed E-state index contributed by atoms with van der Waals surface area (Å²) in [7, 11) is 0. The number of nitrogens with one attached hydrogen (secondary N) is 1. The topological polar surface area (TPSA) is 44.8 Å². The molecule has 0 aromatic heterocycles. The largest absolute Gasteiger partial charge is 0.484 e. The molecular formula is C24H33N3O2. The first-order valence-corrected chi connectivity index (χ1v) is 10.6. The van der Waals surface area contributed by atoms with Crippen LogP contribution >= 0.6 is 0 Å². The molecule has 1 aliphatic heterocycles. The molecule has 0 spiro atoms. The molecule has 0 unspecified atom stereocenters. The standard InChI is InChI=1S/C24H33N3O2/c1-4-26-12-14-27(15-13-26)17-20-8-10-22(11-9-20)25-24(28)18-29-23-7-5-6-21(16-23)19(2)3/h5-11,16,19H,4,12-15,17-18H2,1-3H3,(H,25,28). The quantitative estimate of drug-likeness (QED) is 0.735. The van der Waals surface area contributed by atoms with E-state index in [2.05, 4.69) is 54.1 Å². The predicted octanol–water partition coefficient (Wildman–Crippen LogP) is 3.97. The molecule has 5 nitrogen and oxygen atoms in total. The highest BCUT2D eigenvalue weighted by molar-refractivity contribution is 5.91. The van der Waals surface area contributed by atoms with Crippen LogP contribution in [0.1, 0.15) is 37.8 Å². The van der Waals surface area contributed by atoms with Gasteiger partial charge in [0.05, 0.1) is 0 Å². The number of hydrogen-bond donors (Lipinski definition) is 1. The molecule has 1 amide bonds. The van der Waals surface area contributed by atoms with E-state index in [1.54, 1.807) is 0 Å². The summed E-state index contributed by atoms with van der Waals surface area (Å²) in [6.07, 6.45) is 0. The minimum Gasteiger partial charge on any atom is -0.484 e. The number of piperazine rings is 1. The minimum atomic E-state index is -0.150. The molecule has 2 aromatic carbocycles. The zero-order chi connectivity index (χ0) is 20.6. The van der Waals surface area contributed by atoms with Crippen molar-refractivity contribution in [2.75, 3.05) is 44.6 Å². The van der Waals surface area contributed by atoms with E-state index in [1.165, 1.54) is 11.1 Å². The van der Waals surface area contributed by atoms with Crippen LogP contribution in [0.25, 0.3) is 0 Å². The van der Waals surface area contributed by atoms with Gasteiger partial charge in [0.25, 0.3) is 5.91 Å². The second-order valence-electron chi connectivity index (χ2n) is 7.97. The third kappa shape index (κ3) is 6.58. The fraction of sp³-hybridized carbons (Fsp3) is 0.458. The van der Waals surface area contributed by atoms with Crippen molar-refractivity contribution in [3.8, 4) is 5.75 Å². The Morgan fingerprint density at radius 3 is 2.38 bits per heavy atom. The van der Waals surface area contributed by atoms with Gasteiger partial charge < -0.3 is 15.0 Å². The van der Waals surface area contributed by atoms with E-state index in [4.69, 9.17) is 4.74 Å². The number of carbonyl (C=O) groups excluding carboxylic acids is 1. The van der Waals surface area contributed by atoms with Crippen LogP contribution in [0.5, 0.6) is 5.75 Å². The normalized spacial score (nSPS) is 15.4. The summed E-state index contributed by atoms with van der Waals surface area (Å²) < 4.78 is 5.65. The Kier molecular flexibility index (Phi) is 7.67. The molecule has 0 aliphatic carbocycles. The smallest absolute Gasteiger partial charge is 0.262 e. The first-order chi connectivity index (χ1) is 14.0. The fourth-order valence-electron chi connectivity index (χ4n) is 3.52. The molecule has 5 heteroatoms. The lowest BCUT2D eigenvalue weighted by molar-refractivity contribution is -0.118. The maximum Gasteiger partial charge on any atom is 0.262 e. The van der Waals surface area contributed by atoms with Crippen LogP contribution in [0.15, 0.2) is 48.5 Å². The van der Waals surface area contributed by atoms with Gasteiger partial charge in [0, 0.05) is 38.4 Å². The molecule has 2 aromatic rings. The van der Waals surface area contributed by atoms with E-state index in [9.17, 15) is 4.79 Å². The lowest BCUT2D eigenvalue weighted by Crippen LogP contribution is -2.45. The minimum absolute atomic E-state index is 0.00497. The number of hydrogen-bond acceptors (Lipinski definition) is 4. The molecule has 1 aliphatic rings. The van der Waals surface area contributed by atoms with Crippen LogP contribution in [-0.2, 0) is 11.3 Å². The molecule has 1 fully saturated rings. The van der Waals surface area contributed by atoms with Crippen molar-refractivity contribution in [1.29, 1.82) is 0 Å². The lowest BCUT2D eigenvalue weighted by Gasteiger charge is -2.34. The van der Waals surface area contributed by atoms with Crippen molar-refractivity contribution >= 4 is 11.6 Å². The molecule has 0 bridgehead atoms. The van der Waals surface area contributed by atoms with Crippen molar-refractivity contribution in [3.63, 3.8) is 0 Å². The SMILES string of the molecule is CCN1CCN(Cc2ccc(NC(=O)COc3cccc(C(C)C)c3)cc2)CC1. The van der Waals surface area contributed by atoms with E-state index in [-0.39, 0.29) is 12.5 Å². The van der Waals surface area contributed by atoms with E-state index in [0.29, 0.717) is 5.92 Å². The molecule has 29 heavy (non-hydrogen) atoms. The highest BCUT2D eigenvalue weighted by atomic mass is 16.5. The number of nitrogens with zero attached hydrogens (tertiary/aromatic N) is 2. The van der Waals surface area contributed by atoms with Crippen molar-refractivity contribution < 1.29 is 9.53 Å². The van der Waals surface area contributed by atoms with Crippen LogP contribution in [-0.4, -0.2) is 55.0 Å². The van der Waals surface area contributed by atoms with Crippen LogP contribution in [0.2, 0.25) is 0 Å². The fourth-order valence-corrected chi connectivity index (χ4v) is 3.52. The van der Waals surface area contributed by atoms with E-state index in [1.807, 2.05) is 30.3 Å². The number of carbonyl (C=O) groups is 1. The Labute approximate surface area is 174 Å². The summed E-state index contributed by atoms with van der Waals surface area (Å²) in [6, 6.07) is 16.0. The van der Waals surface area contributed by atoms with Crippen LogP contribution in [0.3, 0.4) is 0 Å². The summed E-state index contributed by atoms with van der Waals surface area (Å²) >= 11 is 0. The molecule has 156 valence electrons. The summed E-state index contributed by atoms with van der Waals surface area (Å²) in [5, 5.41) is 2.91. The monoisotopic (exact) mass is 395 g/mol. The van der Waals surface area contributed by atoms with E-state index < -0.39 is 0 Å². The van der Waals surface area contributed by atoms with Gasteiger partial charge in [-0.15, -0.1) is 0 Å². The van der Waals surface area contributed by atoms with Crippen molar-refractivity contribution in [2.45, 2.75) is 33.2 Å². The number of rotatable bonds is 8. The number of anilines is 1. The lowest BCUT2D eigenvalue weighted by atomic mass is 10.0. The average Bonchev–Trinajstić information content (AvgIpc) is 2.74. The molecule has 3 rings (SSSR count). The van der Waals surface area contributed by atoms with Crippen molar-refractivity contribution in [3.05, 3.63) is 59.7 Å². The van der Waals surface area contributed by atoms with Gasteiger partial charge in [-0.2, -0.15) is 0 Å². The molecular weight excluding hydrogens is 362 g/mol. The number of ether oxygens (including phenoxy) is 1. The molecule has 1 N–H and O–H groups in total. The first-order valence-electron chi connectivity index (χ1n) is 10.6. The van der Waals surface area contributed by atoms with E-state index in [0.717, 1.165) is 50.7 Å². The third-order valence-corrected chi connectivity index (χ3v) is 5.45. The van der Waals surface area contributed by atoms with Crippen molar-refractivity contribution in [1.82, 2.24) is 9.80 Å². The summed E-state index contributed by atoms with van der Waals surface area (Å²) in [5.41, 5.74) is 3.28. The van der Waals surface area contributed by atoms with Gasteiger partial charge in [0.15, 0.2) is 6.61 Å². The zero-order valence-corrected chi connectivity index (χ0v) is 17.9. The highest BCUT2D eigenvalue weighted by Crippen LogP contribution is 2.20. The number of likely N-dealkylation sites (N-methyl/N-ethyl adjacent to an activating group) is 1. The predicted molar refractivity (Wildman–Crippen MR) is 118 cm³/mol. The van der Waals surface area contributed by atoms with Gasteiger partial charge in [-0.3, -0.25) is 9.69 Å². The second kappa shape index (κ2) is 10.4. The maximum absolute atomic E-state index is 12.2. The summed E-state index contributed by atoms with van der Waals surface area (Å²) in [5.74, 6) is 1.01. The first kappa shape index (κ1) is 21.3. The summed E-state index contributed by atoms with van der Waals surface area (Å²) in [4.78, 5) is 17.2. The Hall–Kier alpha value is -2.37. The number of benzene rings is 2. The Bertz CT molecular complexity index is 781. The highest BCUT2D eigenvalue weighted by Gasteiger charge is 2.15. The molecule has 0 saturated carbocycles. The second-order valence-corrected chi connectivity index (χ2v) is 7.97. The van der Waals surface area contributed by atoms with Crippen LogP contribution in [0, 0.1) is 0 Å². The van der Waals surface area contributed by atoms with Gasteiger partial charge in [-0.25, -0.2) is 0 Å². The van der Waals surface area contributed by atoms with Gasteiger partial charge in [0.1, 0.15) is 5.75 Å². The van der Waals surface area contributed by atoms with Gasteiger partial charge in [-0.05, 0) is 47.9 Å². The van der Waals surface area contributed by atoms with E-state index >= 15 is 0 Å². The Morgan fingerprint density at radius 2 is 1.72 bits per heavy atom. The number of amides is 1. The van der Waals surface area contributed by atoms with Gasteiger partial charge in [0.2, 0.25) is 0 Å². The summed E-state index contributed by atoms with van der Waals surface area (Å²) in [6.45, 7) is 13.1.